The number of phenolic OH excluding ortho intramolecular Hbond substituents is 1. The molecular weight excluding hydrogens is 256 g/mol. The normalized spacial score (nSPS) is 18.7. The topological polar surface area (TPSA) is 69.6 Å². The van der Waals surface area contributed by atoms with Gasteiger partial charge in [-0.3, -0.25) is 9.59 Å². The summed E-state index contributed by atoms with van der Waals surface area (Å²) in [5, 5.41) is 12.1. The van der Waals surface area contributed by atoms with E-state index in [0.29, 0.717) is 24.2 Å². The lowest BCUT2D eigenvalue weighted by Crippen LogP contribution is -2.44. The monoisotopic (exact) mass is 276 g/mol. The van der Waals surface area contributed by atoms with Crippen LogP contribution in [0.25, 0.3) is 0 Å². The zero-order chi connectivity index (χ0) is 14.7. The molecule has 1 heterocycles. The standard InChI is InChI=1S/C15H20N2O3/c1-10-8-11(5-6-13(10)18)15(20)17-7-3-4-12(9-17)14(19)16-2/h5-6,8,12,18H,3-4,7,9H2,1-2H3,(H,16,19). The number of carbonyl (C=O) groups is 2. The summed E-state index contributed by atoms with van der Waals surface area (Å²) in [5.74, 6) is -0.0366. The van der Waals surface area contributed by atoms with Gasteiger partial charge in [0.15, 0.2) is 0 Å². The number of phenols is 1. The van der Waals surface area contributed by atoms with Crippen LogP contribution in [-0.4, -0.2) is 42.0 Å². The van der Waals surface area contributed by atoms with Gasteiger partial charge in [-0.25, -0.2) is 0 Å². The van der Waals surface area contributed by atoms with E-state index < -0.39 is 0 Å². The number of likely N-dealkylation sites (tertiary alicyclic amines) is 1. The molecule has 1 saturated heterocycles. The molecule has 20 heavy (non-hydrogen) atoms. The van der Waals surface area contributed by atoms with Crippen molar-refractivity contribution in [3.8, 4) is 5.75 Å². The largest absolute Gasteiger partial charge is 0.508 e. The highest BCUT2D eigenvalue weighted by atomic mass is 16.3. The minimum atomic E-state index is -0.129. The van der Waals surface area contributed by atoms with Gasteiger partial charge in [0.25, 0.3) is 5.91 Å². The summed E-state index contributed by atoms with van der Waals surface area (Å²) in [6, 6.07) is 4.83. The molecular formula is C15H20N2O3. The Morgan fingerprint density at radius 2 is 2.15 bits per heavy atom. The van der Waals surface area contributed by atoms with Crippen molar-refractivity contribution >= 4 is 11.8 Å². The van der Waals surface area contributed by atoms with E-state index >= 15 is 0 Å². The van der Waals surface area contributed by atoms with Crippen LogP contribution in [0.3, 0.4) is 0 Å². The lowest BCUT2D eigenvalue weighted by atomic mass is 9.96. The highest BCUT2D eigenvalue weighted by Crippen LogP contribution is 2.21. The Morgan fingerprint density at radius 1 is 1.40 bits per heavy atom. The number of carbonyl (C=O) groups excluding carboxylic acids is 2. The number of amides is 2. The van der Waals surface area contributed by atoms with Crippen molar-refractivity contribution in [2.45, 2.75) is 19.8 Å². The van der Waals surface area contributed by atoms with E-state index in [-0.39, 0.29) is 23.5 Å². The molecule has 0 spiro atoms. The maximum Gasteiger partial charge on any atom is 0.253 e. The molecule has 1 aliphatic rings. The maximum absolute atomic E-state index is 12.4. The molecule has 108 valence electrons. The Labute approximate surface area is 118 Å². The van der Waals surface area contributed by atoms with Gasteiger partial charge in [0.05, 0.1) is 5.92 Å². The average molecular weight is 276 g/mol. The smallest absolute Gasteiger partial charge is 0.253 e. The van der Waals surface area contributed by atoms with Crippen molar-refractivity contribution in [3.63, 3.8) is 0 Å². The highest BCUT2D eigenvalue weighted by Gasteiger charge is 2.28. The van der Waals surface area contributed by atoms with Crippen LogP contribution in [0.15, 0.2) is 18.2 Å². The first-order valence-electron chi connectivity index (χ1n) is 6.83. The van der Waals surface area contributed by atoms with E-state index in [1.54, 1.807) is 31.0 Å². The number of hydrogen-bond acceptors (Lipinski definition) is 3. The van der Waals surface area contributed by atoms with Crippen molar-refractivity contribution in [2.24, 2.45) is 5.92 Å². The summed E-state index contributed by atoms with van der Waals surface area (Å²) < 4.78 is 0. The highest BCUT2D eigenvalue weighted by molar-refractivity contribution is 5.95. The molecule has 0 aromatic heterocycles. The Kier molecular flexibility index (Phi) is 4.27. The molecule has 2 N–H and O–H groups in total. The van der Waals surface area contributed by atoms with Crippen molar-refractivity contribution in [3.05, 3.63) is 29.3 Å². The van der Waals surface area contributed by atoms with Gasteiger partial charge < -0.3 is 15.3 Å². The summed E-state index contributed by atoms with van der Waals surface area (Å²) in [6.45, 7) is 2.89. The number of hydrogen-bond donors (Lipinski definition) is 2. The fraction of sp³-hybridized carbons (Fsp3) is 0.467. The number of benzene rings is 1. The van der Waals surface area contributed by atoms with Crippen LogP contribution >= 0.6 is 0 Å². The van der Waals surface area contributed by atoms with Crippen molar-refractivity contribution < 1.29 is 14.7 Å². The molecule has 1 aromatic carbocycles. The summed E-state index contributed by atoms with van der Waals surface area (Å²) in [4.78, 5) is 25.8. The third-order valence-corrected chi connectivity index (χ3v) is 3.77. The number of piperidine rings is 1. The predicted molar refractivity (Wildman–Crippen MR) is 75.5 cm³/mol. The molecule has 5 nitrogen and oxygen atoms in total. The van der Waals surface area contributed by atoms with E-state index in [9.17, 15) is 14.7 Å². The van der Waals surface area contributed by atoms with Crippen LogP contribution in [-0.2, 0) is 4.79 Å². The second-order valence-electron chi connectivity index (χ2n) is 5.21. The molecule has 1 atom stereocenters. The fourth-order valence-corrected chi connectivity index (χ4v) is 2.55. The third-order valence-electron chi connectivity index (χ3n) is 3.77. The van der Waals surface area contributed by atoms with Crippen LogP contribution in [0, 0.1) is 12.8 Å². The van der Waals surface area contributed by atoms with Crippen LogP contribution in [0.1, 0.15) is 28.8 Å². The molecule has 1 fully saturated rings. The summed E-state index contributed by atoms with van der Waals surface area (Å²) >= 11 is 0. The van der Waals surface area contributed by atoms with Gasteiger partial charge in [0.2, 0.25) is 5.91 Å². The quantitative estimate of drug-likeness (QED) is 0.855. The average Bonchev–Trinajstić information content (AvgIpc) is 2.48. The van der Waals surface area contributed by atoms with Gasteiger partial charge >= 0.3 is 0 Å². The summed E-state index contributed by atoms with van der Waals surface area (Å²) in [6.07, 6.45) is 1.65. The first kappa shape index (κ1) is 14.4. The van der Waals surface area contributed by atoms with E-state index in [2.05, 4.69) is 5.32 Å². The minimum absolute atomic E-state index is 0.00983. The number of nitrogens with zero attached hydrogens (tertiary/aromatic N) is 1. The van der Waals surface area contributed by atoms with E-state index in [1.807, 2.05) is 0 Å². The zero-order valence-electron chi connectivity index (χ0n) is 11.8. The van der Waals surface area contributed by atoms with Crippen molar-refractivity contribution in [2.75, 3.05) is 20.1 Å². The van der Waals surface area contributed by atoms with E-state index in [4.69, 9.17) is 0 Å². The van der Waals surface area contributed by atoms with Crippen LogP contribution in [0.5, 0.6) is 5.75 Å². The Balaban J connectivity index is 2.12. The number of aryl methyl sites for hydroxylation is 1. The second kappa shape index (κ2) is 5.94. The number of nitrogens with one attached hydrogen (secondary N) is 1. The molecule has 2 amide bonds. The molecule has 1 aliphatic heterocycles. The van der Waals surface area contributed by atoms with E-state index in [1.165, 1.54) is 6.07 Å². The molecule has 0 radical (unpaired) electrons. The Hall–Kier alpha value is -2.04. The van der Waals surface area contributed by atoms with Crippen LogP contribution in [0.2, 0.25) is 0 Å². The summed E-state index contributed by atoms with van der Waals surface area (Å²) in [7, 11) is 1.62. The molecule has 0 bridgehead atoms. The first-order chi connectivity index (χ1) is 9.52. The van der Waals surface area contributed by atoms with Crippen LogP contribution < -0.4 is 5.32 Å². The van der Waals surface area contributed by atoms with Gasteiger partial charge in [0, 0.05) is 25.7 Å². The van der Waals surface area contributed by atoms with Gasteiger partial charge in [-0.2, -0.15) is 0 Å². The number of rotatable bonds is 2. The molecule has 0 aliphatic carbocycles. The summed E-state index contributed by atoms with van der Waals surface area (Å²) in [5.41, 5.74) is 1.23. The van der Waals surface area contributed by atoms with Gasteiger partial charge in [0.1, 0.15) is 5.75 Å². The number of aromatic hydroxyl groups is 1. The Bertz CT molecular complexity index is 528. The van der Waals surface area contributed by atoms with Gasteiger partial charge in [-0.15, -0.1) is 0 Å². The molecule has 1 aromatic rings. The van der Waals surface area contributed by atoms with Crippen LogP contribution in [0.4, 0.5) is 0 Å². The Morgan fingerprint density at radius 3 is 2.80 bits per heavy atom. The molecule has 1 unspecified atom stereocenters. The lowest BCUT2D eigenvalue weighted by Gasteiger charge is -2.32. The molecule has 2 rings (SSSR count). The third kappa shape index (κ3) is 2.92. The molecule has 0 saturated carbocycles. The fourth-order valence-electron chi connectivity index (χ4n) is 2.55. The molecule has 5 heteroatoms. The first-order valence-corrected chi connectivity index (χ1v) is 6.83. The maximum atomic E-state index is 12.4. The van der Waals surface area contributed by atoms with Gasteiger partial charge in [-0.1, -0.05) is 0 Å². The predicted octanol–water partition coefficient (Wildman–Crippen LogP) is 1.30. The zero-order valence-corrected chi connectivity index (χ0v) is 11.8. The second-order valence-corrected chi connectivity index (χ2v) is 5.21. The van der Waals surface area contributed by atoms with Gasteiger partial charge in [-0.05, 0) is 43.5 Å². The minimum Gasteiger partial charge on any atom is -0.508 e. The lowest BCUT2D eigenvalue weighted by molar-refractivity contribution is -0.125. The van der Waals surface area contributed by atoms with Crippen molar-refractivity contribution in [1.29, 1.82) is 0 Å². The van der Waals surface area contributed by atoms with Crippen molar-refractivity contribution in [1.82, 2.24) is 10.2 Å². The SMILES string of the molecule is CNC(=O)C1CCCN(C(=O)c2ccc(O)c(C)c2)C1. The van der Waals surface area contributed by atoms with E-state index in [0.717, 1.165) is 12.8 Å².